The fourth-order valence-electron chi connectivity index (χ4n) is 2.49. The van der Waals surface area contributed by atoms with E-state index < -0.39 is 10.0 Å². The number of nitrogen functional groups attached to an aromatic ring is 1. The molecule has 2 N–H and O–H groups in total. The lowest BCUT2D eigenvalue weighted by Gasteiger charge is -2.37. The van der Waals surface area contributed by atoms with Crippen LogP contribution in [0.15, 0.2) is 23.1 Å². The van der Waals surface area contributed by atoms with Crippen molar-refractivity contribution in [2.75, 3.05) is 12.3 Å². The molecule has 1 fully saturated rings. The van der Waals surface area contributed by atoms with Gasteiger partial charge >= 0.3 is 0 Å². The molecule has 1 saturated heterocycles. The molecule has 0 aliphatic carbocycles. The molecular formula is C13H19ClN2O2S. The molecule has 1 aliphatic heterocycles. The molecule has 0 spiro atoms. The molecule has 0 amide bonds. The third-order valence-electron chi connectivity index (χ3n) is 3.88. The molecule has 1 heterocycles. The summed E-state index contributed by atoms with van der Waals surface area (Å²) in [5, 5.41) is 0.380. The van der Waals surface area contributed by atoms with Gasteiger partial charge < -0.3 is 5.73 Å². The van der Waals surface area contributed by atoms with Gasteiger partial charge in [0.15, 0.2) is 0 Å². The molecule has 6 heteroatoms. The summed E-state index contributed by atoms with van der Waals surface area (Å²) in [6, 6.07) is 4.54. The van der Waals surface area contributed by atoms with Gasteiger partial charge in [-0.1, -0.05) is 18.5 Å². The SMILES string of the molecule is CC1CCCN(S(=O)(=O)c2cc(Cl)ccc2N)C1C. The molecule has 2 rings (SSSR count). The monoisotopic (exact) mass is 302 g/mol. The topological polar surface area (TPSA) is 63.4 Å². The molecule has 0 radical (unpaired) electrons. The highest BCUT2D eigenvalue weighted by molar-refractivity contribution is 7.89. The van der Waals surface area contributed by atoms with E-state index in [4.69, 9.17) is 17.3 Å². The Labute approximate surface area is 119 Å². The molecule has 2 atom stereocenters. The number of sulfonamides is 1. The van der Waals surface area contributed by atoms with E-state index in [0.717, 1.165) is 12.8 Å². The minimum atomic E-state index is -3.57. The van der Waals surface area contributed by atoms with E-state index >= 15 is 0 Å². The first-order chi connectivity index (χ1) is 8.84. The number of halogens is 1. The highest BCUT2D eigenvalue weighted by atomic mass is 35.5. The average molecular weight is 303 g/mol. The minimum Gasteiger partial charge on any atom is -0.398 e. The average Bonchev–Trinajstić information content (AvgIpc) is 2.35. The number of anilines is 1. The number of nitrogens with two attached hydrogens (primary N) is 1. The van der Waals surface area contributed by atoms with Crippen LogP contribution in [-0.4, -0.2) is 25.3 Å². The van der Waals surface area contributed by atoms with Crippen LogP contribution >= 0.6 is 11.6 Å². The Hall–Kier alpha value is -0.780. The molecule has 1 aliphatic rings. The van der Waals surface area contributed by atoms with E-state index in [9.17, 15) is 8.42 Å². The lowest BCUT2D eigenvalue weighted by molar-refractivity contribution is 0.202. The molecular weight excluding hydrogens is 284 g/mol. The summed E-state index contributed by atoms with van der Waals surface area (Å²) in [5.74, 6) is 0.351. The number of benzene rings is 1. The van der Waals surface area contributed by atoms with Crippen molar-refractivity contribution in [1.82, 2.24) is 4.31 Å². The number of hydrogen-bond donors (Lipinski definition) is 1. The van der Waals surface area contributed by atoms with Crippen LogP contribution in [0.1, 0.15) is 26.7 Å². The lowest BCUT2D eigenvalue weighted by atomic mass is 9.94. The van der Waals surface area contributed by atoms with Crippen molar-refractivity contribution in [3.05, 3.63) is 23.2 Å². The van der Waals surface area contributed by atoms with E-state index in [1.54, 1.807) is 10.4 Å². The molecule has 19 heavy (non-hydrogen) atoms. The summed E-state index contributed by atoms with van der Waals surface area (Å²) < 4.78 is 27.0. The van der Waals surface area contributed by atoms with Gasteiger partial charge in [0.25, 0.3) is 0 Å². The van der Waals surface area contributed by atoms with Crippen molar-refractivity contribution < 1.29 is 8.42 Å². The first-order valence-corrected chi connectivity index (χ1v) is 8.22. The molecule has 1 aromatic carbocycles. The molecule has 0 aromatic heterocycles. The molecule has 0 bridgehead atoms. The Morgan fingerprint density at radius 2 is 2.05 bits per heavy atom. The van der Waals surface area contributed by atoms with Crippen molar-refractivity contribution in [2.45, 2.75) is 37.6 Å². The van der Waals surface area contributed by atoms with E-state index in [2.05, 4.69) is 6.92 Å². The summed E-state index contributed by atoms with van der Waals surface area (Å²) in [6.07, 6.45) is 1.93. The lowest BCUT2D eigenvalue weighted by Crippen LogP contribution is -2.46. The van der Waals surface area contributed by atoms with Gasteiger partial charge in [-0.2, -0.15) is 4.31 Å². The van der Waals surface area contributed by atoms with Crippen LogP contribution in [0, 0.1) is 5.92 Å². The Bertz CT molecular complexity index is 574. The predicted molar refractivity (Wildman–Crippen MR) is 77.6 cm³/mol. The highest BCUT2D eigenvalue weighted by Gasteiger charge is 2.35. The Morgan fingerprint density at radius 3 is 2.74 bits per heavy atom. The van der Waals surface area contributed by atoms with Gasteiger partial charge in [-0.15, -0.1) is 0 Å². The van der Waals surface area contributed by atoms with Gasteiger partial charge in [-0.05, 0) is 43.9 Å². The van der Waals surface area contributed by atoms with E-state index in [-0.39, 0.29) is 16.6 Å². The number of nitrogens with zero attached hydrogens (tertiary/aromatic N) is 1. The number of hydrogen-bond acceptors (Lipinski definition) is 3. The van der Waals surface area contributed by atoms with Crippen LogP contribution < -0.4 is 5.73 Å². The fraction of sp³-hybridized carbons (Fsp3) is 0.538. The van der Waals surface area contributed by atoms with E-state index in [1.807, 2.05) is 6.92 Å². The summed E-state index contributed by atoms with van der Waals surface area (Å²) in [7, 11) is -3.57. The van der Waals surface area contributed by atoms with Crippen molar-refractivity contribution in [3.8, 4) is 0 Å². The zero-order valence-corrected chi connectivity index (χ0v) is 12.7. The van der Waals surface area contributed by atoms with Crippen molar-refractivity contribution >= 4 is 27.3 Å². The predicted octanol–water partition coefficient (Wildman–Crippen LogP) is 2.73. The second kappa shape index (κ2) is 5.31. The van der Waals surface area contributed by atoms with E-state index in [0.29, 0.717) is 17.5 Å². The van der Waals surface area contributed by atoms with Crippen LogP contribution in [-0.2, 0) is 10.0 Å². The van der Waals surface area contributed by atoms with Crippen LogP contribution in [0.25, 0.3) is 0 Å². The maximum atomic E-state index is 12.7. The standard InChI is InChI=1S/C13H19ClN2O2S/c1-9-4-3-7-16(10(9)2)19(17,18)13-8-11(14)5-6-12(13)15/h5-6,8-10H,3-4,7,15H2,1-2H3. The fourth-order valence-corrected chi connectivity index (χ4v) is 4.64. The summed E-state index contributed by atoms with van der Waals surface area (Å²) >= 11 is 5.89. The minimum absolute atomic E-state index is 0.0165. The first kappa shape index (κ1) is 14.6. The summed E-state index contributed by atoms with van der Waals surface area (Å²) in [4.78, 5) is 0.112. The second-order valence-corrected chi connectivity index (χ2v) is 7.45. The Kier molecular flexibility index (Phi) is 4.08. The third kappa shape index (κ3) is 2.73. The molecule has 2 unspecified atom stereocenters. The molecule has 1 aromatic rings. The van der Waals surface area contributed by atoms with Crippen LogP contribution in [0.3, 0.4) is 0 Å². The summed E-state index contributed by atoms with van der Waals surface area (Å²) in [6.45, 7) is 4.57. The van der Waals surface area contributed by atoms with Gasteiger partial charge in [0.2, 0.25) is 10.0 Å². The van der Waals surface area contributed by atoms with Crippen LogP contribution in [0.2, 0.25) is 5.02 Å². The second-order valence-electron chi connectivity index (χ2n) is 5.16. The van der Waals surface area contributed by atoms with Gasteiger partial charge in [0, 0.05) is 17.6 Å². The summed E-state index contributed by atoms with van der Waals surface area (Å²) in [5.41, 5.74) is 6.04. The van der Waals surface area contributed by atoms with E-state index in [1.165, 1.54) is 12.1 Å². The van der Waals surface area contributed by atoms with Gasteiger partial charge in [-0.3, -0.25) is 0 Å². The smallest absolute Gasteiger partial charge is 0.245 e. The Morgan fingerprint density at radius 1 is 1.37 bits per heavy atom. The Balaban J connectivity index is 2.44. The third-order valence-corrected chi connectivity index (χ3v) is 6.16. The molecule has 106 valence electrons. The molecule has 4 nitrogen and oxygen atoms in total. The zero-order valence-electron chi connectivity index (χ0n) is 11.1. The maximum absolute atomic E-state index is 12.7. The first-order valence-electron chi connectivity index (χ1n) is 6.41. The largest absolute Gasteiger partial charge is 0.398 e. The van der Waals surface area contributed by atoms with Crippen LogP contribution in [0.4, 0.5) is 5.69 Å². The highest BCUT2D eigenvalue weighted by Crippen LogP contribution is 2.32. The van der Waals surface area contributed by atoms with Crippen molar-refractivity contribution in [2.24, 2.45) is 5.92 Å². The van der Waals surface area contributed by atoms with Gasteiger partial charge in [-0.25, -0.2) is 8.42 Å². The number of rotatable bonds is 2. The van der Waals surface area contributed by atoms with Crippen LogP contribution in [0.5, 0.6) is 0 Å². The van der Waals surface area contributed by atoms with Crippen molar-refractivity contribution in [1.29, 1.82) is 0 Å². The maximum Gasteiger partial charge on any atom is 0.245 e. The van der Waals surface area contributed by atoms with Crippen molar-refractivity contribution in [3.63, 3.8) is 0 Å². The zero-order chi connectivity index (χ0) is 14.2. The normalized spacial score (nSPS) is 25.4. The molecule has 0 saturated carbocycles. The van der Waals surface area contributed by atoms with Gasteiger partial charge in [0.05, 0.1) is 5.69 Å². The van der Waals surface area contributed by atoms with Gasteiger partial charge in [0.1, 0.15) is 4.90 Å². The quantitative estimate of drug-likeness (QED) is 0.854. The number of piperidine rings is 1.